The second-order valence-corrected chi connectivity index (χ2v) is 4.85. The molecule has 0 saturated heterocycles. The maximum atomic E-state index is 13.3. The van der Waals surface area contributed by atoms with Gasteiger partial charge >= 0.3 is 5.97 Å². The van der Waals surface area contributed by atoms with Crippen LogP contribution in [0.2, 0.25) is 0 Å². The van der Waals surface area contributed by atoms with Crippen molar-refractivity contribution in [1.82, 2.24) is 0 Å². The number of rotatable bonds is 5. The molecule has 0 aliphatic rings. The van der Waals surface area contributed by atoms with Crippen LogP contribution < -0.4 is 0 Å². The molecule has 2 N–H and O–H groups in total. The Balaban J connectivity index is 2.70. The summed E-state index contributed by atoms with van der Waals surface area (Å²) in [6.45, 7) is 1.94. The summed E-state index contributed by atoms with van der Waals surface area (Å²) in [5.41, 5.74) is 0.400. The van der Waals surface area contributed by atoms with Crippen molar-refractivity contribution in [3.63, 3.8) is 0 Å². The molecule has 0 bridgehead atoms. The maximum Gasteiger partial charge on any atom is 0.338 e. The Morgan fingerprint density at radius 2 is 2.25 bits per heavy atom. The Labute approximate surface area is 97.3 Å². The van der Waals surface area contributed by atoms with E-state index in [-0.39, 0.29) is 17.4 Å². The standard InChI is InChI=1S/C11H13FO3S/c1-7(5-13)16-6-8-2-3-9(11(14)15)10(12)4-8/h2-4,7,13H,5-6H2,1H3,(H,14,15). The third kappa shape index (κ3) is 3.50. The first kappa shape index (κ1) is 13.0. The molecule has 1 aromatic rings. The fourth-order valence-electron chi connectivity index (χ4n) is 1.11. The van der Waals surface area contributed by atoms with Crippen LogP contribution in [-0.4, -0.2) is 28.0 Å². The number of thioether (sulfide) groups is 1. The van der Waals surface area contributed by atoms with E-state index >= 15 is 0 Å². The minimum Gasteiger partial charge on any atom is -0.478 e. The van der Waals surface area contributed by atoms with Crippen LogP contribution in [0.4, 0.5) is 4.39 Å². The van der Waals surface area contributed by atoms with E-state index in [1.807, 2.05) is 6.92 Å². The highest BCUT2D eigenvalue weighted by Crippen LogP contribution is 2.19. The largest absolute Gasteiger partial charge is 0.478 e. The summed E-state index contributed by atoms with van der Waals surface area (Å²) in [5.74, 6) is -1.43. The molecule has 88 valence electrons. The van der Waals surface area contributed by atoms with Crippen molar-refractivity contribution in [3.05, 3.63) is 35.1 Å². The molecule has 1 atom stereocenters. The molecule has 0 saturated carbocycles. The van der Waals surface area contributed by atoms with Crippen LogP contribution in [0.15, 0.2) is 18.2 Å². The number of aliphatic hydroxyl groups is 1. The molecule has 5 heteroatoms. The van der Waals surface area contributed by atoms with Gasteiger partial charge in [-0.3, -0.25) is 0 Å². The van der Waals surface area contributed by atoms with Gasteiger partial charge in [0.25, 0.3) is 0 Å². The summed E-state index contributed by atoms with van der Waals surface area (Å²) < 4.78 is 13.3. The molecule has 3 nitrogen and oxygen atoms in total. The van der Waals surface area contributed by atoms with Crippen LogP contribution >= 0.6 is 11.8 Å². The minimum atomic E-state index is -1.26. The molecule has 0 aliphatic heterocycles. The van der Waals surface area contributed by atoms with Gasteiger partial charge < -0.3 is 10.2 Å². The van der Waals surface area contributed by atoms with Gasteiger partial charge in [-0.1, -0.05) is 13.0 Å². The molecule has 16 heavy (non-hydrogen) atoms. The van der Waals surface area contributed by atoms with Gasteiger partial charge in [0, 0.05) is 11.0 Å². The molecule has 0 aromatic heterocycles. The molecule has 0 amide bonds. The number of benzene rings is 1. The Morgan fingerprint density at radius 1 is 1.56 bits per heavy atom. The van der Waals surface area contributed by atoms with Gasteiger partial charge in [-0.2, -0.15) is 11.8 Å². The Morgan fingerprint density at radius 3 is 2.75 bits per heavy atom. The van der Waals surface area contributed by atoms with Crippen molar-refractivity contribution in [2.24, 2.45) is 0 Å². The lowest BCUT2D eigenvalue weighted by Crippen LogP contribution is -2.03. The molecule has 0 fully saturated rings. The molecule has 0 aliphatic carbocycles. The quantitative estimate of drug-likeness (QED) is 0.833. The molecule has 1 rings (SSSR count). The highest BCUT2D eigenvalue weighted by atomic mass is 32.2. The van der Waals surface area contributed by atoms with Crippen LogP contribution in [0.5, 0.6) is 0 Å². The van der Waals surface area contributed by atoms with Gasteiger partial charge in [0.2, 0.25) is 0 Å². The first-order valence-corrected chi connectivity index (χ1v) is 5.83. The van der Waals surface area contributed by atoms with E-state index in [1.165, 1.54) is 23.9 Å². The van der Waals surface area contributed by atoms with E-state index in [9.17, 15) is 9.18 Å². The molecule has 0 spiro atoms. The van der Waals surface area contributed by atoms with Crippen LogP contribution in [-0.2, 0) is 5.75 Å². The second kappa shape index (κ2) is 5.86. The predicted molar refractivity (Wildman–Crippen MR) is 61.2 cm³/mol. The molecule has 0 heterocycles. The molecule has 1 unspecified atom stereocenters. The lowest BCUT2D eigenvalue weighted by Gasteiger charge is -2.07. The van der Waals surface area contributed by atoms with Gasteiger partial charge in [-0.15, -0.1) is 0 Å². The Kier molecular flexibility index (Phi) is 4.76. The highest BCUT2D eigenvalue weighted by molar-refractivity contribution is 7.99. The van der Waals surface area contributed by atoms with Crippen molar-refractivity contribution in [2.45, 2.75) is 17.9 Å². The lowest BCUT2D eigenvalue weighted by atomic mass is 10.1. The van der Waals surface area contributed by atoms with E-state index in [1.54, 1.807) is 6.07 Å². The zero-order chi connectivity index (χ0) is 12.1. The normalized spacial score (nSPS) is 12.4. The van der Waals surface area contributed by atoms with Crippen molar-refractivity contribution in [3.8, 4) is 0 Å². The van der Waals surface area contributed by atoms with E-state index in [0.717, 1.165) is 0 Å². The Hall–Kier alpha value is -1.07. The number of halogens is 1. The monoisotopic (exact) mass is 244 g/mol. The fraction of sp³-hybridized carbons (Fsp3) is 0.364. The van der Waals surface area contributed by atoms with Gasteiger partial charge in [0.15, 0.2) is 0 Å². The number of hydrogen-bond donors (Lipinski definition) is 2. The fourth-order valence-corrected chi connectivity index (χ4v) is 1.87. The van der Waals surface area contributed by atoms with Gasteiger partial charge in [-0.05, 0) is 17.7 Å². The summed E-state index contributed by atoms with van der Waals surface area (Å²) in [5, 5.41) is 17.5. The zero-order valence-electron chi connectivity index (χ0n) is 8.81. The van der Waals surface area contributed by atoms with Crippen LogP contribution in [0.3, 0.4) is 0 Å². The van der Waals surface area contributed by atoms with Gasteiger partial charge in [0.1, 0.15) is 5.82 Å². The molecule has 0 radical (unpaired) electrons. The summed E-state index contributed by atoms with van der Waals surface area (Å²) in [4.78, 5) is 10.6. The molecular formula is C11H13FO3S. The lowest BCUT2D eigenvalue weighted by molar-refractivity contribution is 0.0692. The number of carboxylic acid groups (broad SMARTS) is 1. The summed E-state index contributed by atoms with van der Waals surface area (Å²) in [6, 6.07) is 4.07. The number of aromatic carboxylic acids is 1. The summed E-state index contributed by atoms with van der Waals surface area (Å²) >= 11 is 1.49. The second-order valence-electron chi connectivity index (χ2n) is 3.42. The van der Waals surface area contributed by atoms with Crippen molar-refractivity contribution >= 4 is 17.7 Å². The SMILES string of the molecule is CC(CO)SCc1ccc(C(=O)O)c(F)c1. The predicted octanol–water partition coefficient (Wildman–Crippen LogP) is 2.14. The summed E-state index contributed by atoms with van der Waals surface area (Å²) in [6.07, 6.45) is 0. The molecular weight excluding hydrogens is 231 g/mol. The first-order valence-electron chi connectivity index (χ1n) is 4.78. The smallest absolute Gasteiger partial charge is 0.338 e. The van der Waals surface area contributed by atoms with E-state index < -0.39 is 11.8 Å². The summed E-state index contributed by atoms with van der Waals surface area (Å²) in [7, 11) is 0. The third-order valence-electron chi connectivity index (χ3n) is 2.06. The van der Waals surface area contributed by atoms with Crippen LogP contribution in [0.25, 0.3) is 0 Å². The maximum absolute atomic E-state index is 13.3. The van der Waals surface area contributed by atoms with E-state index in [4.69, 9.17) is 10.2 Å². The highest BCUT2D eigenvalue weighted by Gasteiger charge is 2.10. The average molecular weight is 244 g/mol. The number of carbonyl (C=O) groups is 1. The van der Waals surface area contributed by atoms with Crippen molar-refractivity contribution in [2.75, 3.05) is 6.61 Å². The molecule has 1 aromatic carbocycles. The van der Waals surface area contributed by atoms with Gasteiger partial charge in [0.05, 0.1) is 12.2 Å². The number of carboxylic acids is 1. The first-order chi connectivity index (χ1) is 7.54. The van der Waals surface area contributed by atoms with E-state index in [2.05, 4.69) is 0 Å². The van der Waals surface area contributed by atoms with Crippen molar-refractivity contribution in [1.29, 1.82) is 0 Å². The minimum absolute atomic E-state index is 0.0698. The Bertz CT molecular complexity index is 381. The van der Waals surface area contributed by atoms with Gasteiger partial charge in [-0.25, -0.2) is 9.18 Å². The zero-order valence-corrected chi connectivity index (χ0v) is 9.63. The topological polar surface area (TPSA) is 57.5 Å². The third-order valence-corrected chi connectivity index (χ3v) is 3.27. The van der Waals surface area contributed by atoms with Crippen LogP contribution in [0, 0.1) is 5.82 Å². The average Bonchev–Trinajstić information content (AvgIpc) is 2.25. The van der Waals surface area contributed by atoms with E-state index in [0.29, 0.717) is 11.3 Å². The van der Waals surface area contributed by atoms with Crippen LogP contribution in [0.1, 0.15) is 22.8 Å². The number of aliphatic hydroxyl groups excluding tert-OH is 1. The van der Waals surface area contributed by atoms with Crippen molar-refractivity contribution < 1.29 is 19.4 Å². The number of hydrogen-bond acceptors (Lipinski definition) is 3.